The van der Waals surface area contributed by atoms with Crippen molar-refractivity contribution in [1.82, 2.24) is 4.31 Å². The van der Waals surface area contributed by atoms with E-state index in [0.29, 0.717) is 11.3 Å². The summed E-state index contributed by atoms with van der Waals surface area (Å²) in [6.07, 6.45) is 6.30. The molecule has 0 radical (unpaired) electrons. The lowest BCUT2D eigenvalue weighted by Crippen LogP contribution is -2.42. The van der Waals surface area contributed by atoms with Gasteiger partial charge in [0.1, 0.15) is 0 Å². The lowest BCUT2D eigenvalue weighted by molar-refractivity contribution is 0.332. The van der Waals surface area contributed by atoms with Crippen LogP contribution in [-0.4, -0.2) is 44.7 Å². The number of sulfonamides is 1. The maximum atomic E-state index is 13.2. The van der Waals surface area contributed by atoms with Crippen molar-refractivity contribution < 1.29 is 16.8 Å². The lowest BCUT2D eigenvalue weighted by Gasteiger charge is -2.28. The van der Waals surface area contributed by atoms with Crippen LogP contribution in [0, 0.1) is 0 Å². The molecule has 1 heterocycles. The molecule has 1 aliphatic heterocycles. The van der Waals surface area contributed by atoms with Crippen LogP contribution in [0.25, 0.3) is 0 Å². The molecule has 0 bridgehead atoms. The summed E-state index contributed by atoms with van der Waals surface area (Å²) in [4.78, 5) is 0.333. The van der Waals surface area contributed by atoms with E-state index in [1.165, 1.54) is 9.87 Å². The summed E-state index contributed by atoms with van der Waals surface area (Å²) in [5.74, 6) is 0.0638. The maximum absolute atomic E-state index is 13.2. The van der Waals surface area contributed by atoms with Gasteiger partial charge in [-0.25, -0.2) is 16.8 Å². The molecule has 0 amide bonds. The second kappa shape index (κ2) is 5.81. The summed E-state index contributed by atoms with van der Waals surface area (Å²) in [7, 11) is -6.75. The van der Waals surface area contributed by atoms with Crippen molar-refractivity contribution in [1.29, 1.82) is 0 Å². The van der Waals surface area contributed by atoms with E-state index in [9.17, 15) is 16.8 Å². The molecule has 1 saturated heterocycles. The van der Waals surface area contributed by atoms with Gasteiger partial charge in [-0.3, -0.25) is 0 Å². The third-order valence-corrected chi connectivity index (χ3v) is 9.12. The first-order valence-corrected chi connectivity index (χ1v) is 12.0. The van der Waals surface area contributed by atoms with Crippen LogP contribution < -0.4 is 0 Å². The zero-order valence-electron chi connectivity index (χ0n) is 13.6. The lowest BCUT2D eigenvalue weighted by atomic mass is 9.92. The van der Waals surface area contributed by atoms with Crippen LogP contribution in [0.5, 0.6) is 0 Å². The Bertz CT molecular complexity index is 857. The average molecular weight is 370 g/mol. The highest BCUT2D eigenvalue weighted by Crippen LogP contribution is 2.37. The molecule has 1 unspecified atom stereocenters. The smallest absolute Gasteiger partial charge is 0.229 e. The van der Waals surface area contributed by atoms with Gasteiger partial charge in [0.25, 0.3) is 0 Å². The summed E-state index contributed by atoms with van der Waals surface area (Å²) >= 11 is 0. The minimum atomic E-state index is -3.64. The van der Waals surface area contributed by atoms with Gasteiger partial charge in [0.2, 0.25) is 10.0 Å². The van der Waals surface area contributed by atoms with E-state index in [1.54, 1.807) is 6.07 Å². The number of hydrogen-bond donors (Lipinski definition) is 0. The van der Waals surface area contributed by atoms with Gasteiger partial charge in [0.15, 0.2) is 9.84 Å². The fraction of sp³-hybridized carbons (Fsp3) is 0.647. The van der Waals surface area contributed by atoms with Crippen molar-refractivity contribution in [3.05, 3.63) is 29.3 Å². The Morgan fingerprint density at radius 2 is 1.67 bits per heavy atom. The van der Waals surface area contributed by atoms with Crippen LogP contribution >= 0.6 is 0 Å². The van der Waals surface area contributed by atoms with Crippen LogP contribution in [0.1, 0.15) is 43.2 Å². The van der Waals surface area contributed by atoms with Gasteiger partial charge in [-0.1, -0.05) is 6.07 Å². The van der Waals surface area contributed by atoms with Crippen molar-refractivity contribution >= 4 is 19.9 Å². The number of fused-ring (bicyclic) bond motifs is 1. The molecule has 7 heteroatoms. The highest BCUT2D eigenvalue weighted by molar-refractivity contribution is 7.92. The monoisotopic (exact) mass is 369 g/mol. The molecule has 0 N–H and O–H groups in total. The van der Waals surface area contributed by atoms with E-state index >= 15 is 0 Å². The Morgan fingerprint density at radius 3 is 2.29 bits per heavy atom. The molecule has 1 atom stereocenters. The number of aryl methyl sites for hydroxylation is 2. The maximum Gasteiger partial charge on any atom is 0.243 e. The van der Waals surface area contributed by atoms with Crippen LogP contribution in [0.4, 0.5) is 0 Å². The Kier molecular flexibility index (Phi) is 4.01. The third-order valence-electron chi connectivity index (χ3n) is 5.37. The Hall–Kier alpha value is -0.920. The molecule has 132 valence electrons. The second-order valence-corrected chi connectivity index (χ2v) is 11.3. The van der Waals surface area contributed by atoms with Gasteiger partial charge in [0.05, 0.1) is 16.4 Å². The molecule has 3 aliphatic rings. The highest BCUT2D eigenvalue weighted by atomic mass is 32.2. The average Bonchev–Trinajstić information content (AvgIpc) is 3.30. The topological polar surface area (TPSA) is 71.5 Å². The van der Waals surface area contributed by atoms with E-state index in [-0.39, 0.29) is 17.5 Å². The minimum absolute atomic E-state index is 0.0238. The number of benzene rings is 1. The van der Waals surface area contributed by atoms with Crippen LogP contribution in [0.3, 0.4) is 0 Å². The van der Waals surface area contributed by atoms with Gasteiger partial charge < -0.3 is 0 Å². The molecule has 4 rings (SSSR count). The summed E-state index contributed by atoms with van der Waals surface area (Å²) < 4.78 is 51.6. The van der Waals surface area contributed by atoms with Gasteiger partial charge in [-0.2, -0.15) is 4.31 Å². The molecular formula is C17H23NO4S2. The van der Waals surface area contributed by atoms with Gasteiger partial charge >= 0.3 is 0 Å². The SMILES string of the molecule is O=S1(=O)CCC(N(C2CC2)S(=O)(=O)c2ccc3c(c2)CCCC3)C1. The Balaban J connectivity index is 1.69. The first kappa shape index (κ1) is 16.5. The first-order chi connectivity index (χ1) is 11.4. The van der Waals surface area contributed by atoms with E-state index < -0.39 is 25.9 Å². The number of nitrogens with zero attached hydrogens (tertiary/aromatic N) is 1. The predicted molar refractivity (Wildman–Crippen MR) is 92.2 cm³/mol. The first-order valence-electron chi connectivity index (χ1n) is 8.73. The zero-order valence-corrected chi connectivity index (χ0v) is 15.3. The van der Waals surface area contributed by atoms with Crippen molar-refractivity contribution in [2.24, 2.45) is 0 Å². The third kappa shape index (κ3) is 3.02. The highest BCUT2D eigenvalue weighted by Gasteiger charge is 2.46. The normalized spacial score (nSPS) is 26.5. The fourth-order valence-electron chi connectivity index (χ4n) is 3.99. The Labute approximate surface area is 144 Å². The number of sulfone groups is 1. The van der Waals surface area contributed by atoms with Crippen LogP contribution in [0.2, 0.25) is 0 Å². The molecule has 0 spiro atoms. The van der Waals surface area contributed by atoms with Gasteiger partial charge in [-0.15, -0.1) is 0 Å². The van der Waals surface area contributed by atoms with Crippen LogP contribution in [-0.2, 0) is 32.7 Å². The number of hydrogen-bond acceptors (Lipinski definition) is 4. The van der Waals surface area contributed by atoms with Crippen LogP contribution in [0.15, 0.2) is 23.1 Å². The van der Waals surface area contributed by atoms with Crippen molar-refractivity contribution in [2.75, 3.05) is 11.5 Å². The van der Waals surface area contributed by atoms with Crippen molar-refractivity contribution in [2.45, 2.75) is 61.9 Å². The largest absolute Gasteiger partial charge is 0.243 e. The van der Waals surface area contributed by atoms with E-state index in [4.69, 9.17) is 0 Å². The quantitative estimate of drug-likeness (QED) is 0.813. The molecule has 2 aliphatic carbocycles. The van der Waals surface area contributed by atoms with E-state index in [1.807, 2.05) is 12.1 Å². The summed E-state index contributed by atoms with van der Waals surface area (Å²) in [5, 5.41) is 0. The predicted octanol–water partition coefficient (Wildman–Crippen LogP) is 1.91. The minimum Gasteiger partial charge on any atom is -0.229 e. The number of rotatable bonds is 4. The van der Waals surface area contributed by atoms with Crippen molar-refractivity contribution in [3.8, 4) is 0 Å². The molecule has 5 nitrogen and oxygen atoms in total. The summed E-state index contributed by atoms with van der Waals surface area (Å²) in [6.45, 7) is 0. The molecule has 24 heavy (non-hydrogen) atoms. The molecule has 1 aromatic carbocycles. The summed E-state index contributed by atoms with van der Waals surface area (Å²) in [6, 6.07) is 5.05. The molecule has 1 aromatic rings. The van der Waals surface area contributed by atoms with E-state index in [0.717, 1.165) is 44.1 Å². The molecular weight excluding hydrogens is 346 g/mol. The van der Waals surface area contributed by atoms with Crippen molar-refractivity contribution in [3.63, 3.8) is 0 Å². The standard InChI is InChI=1S/C17H23NO4S2/c19-23(20)10-9-16(12-23)18(15-6-7-15)24(21,22)17-8-5-13-3-1-2-4-14(13)11-17/h5,8,11,15-16H,1-4,6-7,9-10,12H2. The zero-order chi connectivity index (χ0) is 16.9. The van der Waals surface area contributed by atoms with Gasteiger partial charge in [-0.05, 0) is 68.2 Å². The van der Waals surface area contributed by atoms with E-state index in [2.05, 4.69) is 0 Å². The molecule has 2 fully saturated rings. The molecule has 0 aromatic heterocycles. The fourth-order valence-corrected chi connectivity index (χ4v) is 7.74. The summed E-state index contributed by atoms with van der Waals surface area (Å²) in [5.41, 5.74) is 2.39. The van der Waals surface area contributed by atoms with Gasteiger partial charge in [0, 0.05) is 12.1 Å². The Morgan fingerprint density at radius 1 is 0.958 bits per heavy atom. The second-order valence-electron chi connectivity index (χ2n) is 7.26. The molecule has 1 saturated carbocycles.